The molecule has 0 unspecified atom stereocenters. The molecule has 5 nitrogen and oxygen atoms in total. The number of hydrogen-bond donors (Lipinski definition) is 0. The zero-order valence-corrected chi connectivity index (χ0v) is 12.4. The van der Waals surface area contributed by atoms with Gasteiger partial charge >= 0.3 is 0 Å². The highest BCUT2D eigenvalue weighted by atomic mass is 19.1. The standard InChI is InChI=1S/C17H13FN4O/c1-12-2-8-15(9-3-12)23-11-17-16(10-19)20-21-22(17)14-6-4-13(18)5-7-14/h2-9H,11H2,1H3. The van der Waals surface area contributed by atoms with E-state index in [0.717, 1.165) is 5.56 Å². The maximum atomic E-state index is 13.1. The highest BCUT2D eigenvalue weighted by Crippen LogP contribution is 2.17. The van der Waals surface area contributed by atoms with E-state index >= 15 is 0 Å². The first-order chi connectivity index (χ1) is 11.2. The minimum absolute atomic E-state index is 0.135. The van der Waals surface area contributed by atoms with Crippen LogP contribution in [0.4, 0.5) is 4.39 Å². The van der Waals surface area contributed by atoms with Gasteiger partial charge in [-0.05, 0) is 43.3 Å². The van der Waals surface area contributed by atoms with Crippen molar-refractivity contribution in [3.63, 3.8) is 0 Å². The van der Waals surface area contributed by atoms with Crippen LogP contribution in [0.3, 0.4) is 0 Å². The molecule has 0 aliphatic rings. The van der Waals surface area contributed by atoms with E-state index in [4.69, 9.17) is 4.74 Å². The molecule has 0 atom stereocenters. The zero-order chi connectivity index (χ0) is 16.2. The van der Waals surface area contributed by atoms with Gasteiger partial charge in [0.1, 0.15) is 29.9 Å². The van der Waals surface area contributed by atoms with Gasteiger partial charge in [0.25, 0.3) is 0 Å². The first-order valence-electron chi connectivity index (χ1n) is 6.97. The Hall–Kier alpha value is -3.20. The second-order valence-corrected chi connectivity index (χ2v) is 4.99. The number of aryl methyl sites for hydroxylation is 1. The number of rotatable bonds is 4. The average molecular weight is 308 g/mol. The van der Waals surface area contributed by atoms with E-state index in [9.17, 15) is 9.65 Å². The summed E-state index contributed by atoms with van der Waals surface area (Å²) >= 11 is 0. The molecule has 0 saturated heterocycles. The van der Waals surface area contributed by atoms with Gasteiger partial charge in [0.15, 0.2) is 5.69 Å². The molecule has 23 heavy (non-hydrogen) atoms. The van der Waals surface area contributed by atoms with E-state index in [0.29, 0.717) is 17.1 Å². The smallest absolute Gasteiger partial charge is 0.189 e. The molecule has 0 bridgehead atoms. The Labute approximate surface area is 132 Å². The molecule has 114 valence electrons. The van der Waals surface area contributed by atoms with E-state index in [1.807, 2.05) is 37.3 Å². The molecule has 6 heteroatoms. The van der Waals surface area contributed by atoms with Crippen LogP contribution in [0.25, 0.3) is 5.69 Å². The van der Waals surface area contributed by atoms with Gasteiger partial charge < -0.3 is 4.74 Å². The van der Waals surface area contributed by atoms with Gasteiger partial charge in [-0.25, -0.2) is 9.07 Å². The van der Waals surface area contributed by atoms with Gasteiger partial charge in [0.05, 0.1) is 5.69 Å². The number of ether oxygens (including phenoxy) is 1. The molecule has 0 aliphatic carbocycles. The number of aromatic nitrogens is 3. The molecular weight excluding hydrogens is 295 g/mol. The van der Waals surface area contributed by atoms with Crippen LogP contribution in [0, 0.1) is 24.1 Å². The van der Waals surface area contributed by atoms with Crippen LogP contribution in [0.2, 0.25) is 0 Å². The predicted molar refractivity (Wildman–Crippen MR) is 81.5 cm³/mol. The van der Waals surface area contributed by atoms with Crippen molar-refractivity contribution in [1.29, 1.82) is 5.26 Å². The van der Waals surface area contributed by atoms with Crippen LogP contribution in [-0.4, -0.2) is 15.0 Å². The number of benzene rings is 2. The van der Waals surface area contributed by atoms with Gasteiger partial charge in [0.2, 0.25) is 0 Å². The Balaban J connectivity index is 1.88. The largest absolute Gasteiger partial charge is 0.487 e. The number of nitriles is 1. The quantitative estimate of drug-likeness (QED) is 0.742. The predicted octanol–water partition coefficient (Wildman–Crippen LogP) is 3.17. The molecule has 1 heterocycles. The van der Waals surface area contributed by atoms with Gasteiger partial charge in [0, 0.05) is 0 Å². The molecule has 0 saturated carbocycles. The summed E-state index contributed by atoms with van der Waals surface area (Å²) in [6.45, 7) is 2.13. The molecule has 0 fully saturated rings. The van der Waals surface area contributed by atoms with Crippen LogP contribution in [-0.2, 0) is 6.61 Å². The summed E-state index contributed by atoms with van der Waals surface area (Å²) in [5, 5.41) is 17.0. The topological polar surface area (TPSA) is 63.7 Å². The molecule has 0 radical (unpaired) electrons. The average Bonchev–Trinajstić information content (AvgIpc) is 2.98. The van der Waals surface area contributed by atoms with Crippen molar-refractivity contribution in [2.45, 2.75) is 13.5 Å². The normalized spacial score (nSPS) is 10.3. The summed E-state index contributed by atoms with van der Waals surface area (Å²) in [4.78, 5) is 0. The molecule has 0 spiro atoms. The monoisotopic (exact) mass is 308 g/mol. The van der Waals surface area contributed by atoms with Crippen LogP contribution < -0.4 is 4.74 Å². The maximum absolute atomic E-state index is 13.1. The van der Waals surface area contributed by atoms with Crippen molar-refractivity contribution in [1.82, 2.24) is 15.0 Å². The minimum atomic E-state index is -0.341. The molecule has 3 aromatic rings. The summed E-state index contributed by atoms with van der Waals surface area (Å²) in [5.41, 5.74) is 2.44. The Morgan fingerprint density at radius 1 is 1.13 bits per heavy atom. The lowest BCUT2D eigenvalue weighted by Gasteiger charge is -2.09. The molecule has 2 aromatic carbocycles. The van der Waals surface area contributed by atoms with E-state index in [1.54, 1.807) is 12.1 Å². The van der Waals surface area contributed by atoms with Gasteiger partial charge in [-0.3, -0.25) is 0 Å². The summed E-state index contributed by atoms with van der Waals surface area (Å²) in [6, 6.07) is 15.4. The van der Waals surface area contributed by atoms with Crippen LogP contribution in [0.5, 0.6) is 5.75 Å². The van der Waals surface area contributed by atoms with E-state index in [-0.39, 0.29) is 18.1 Å². The fourth-order valence-electron chi connectivity index (χ4n) is 2.09. The Morgan fingerprint density at radius 3 is 2.48 bits per heavy atom. The SMILES string of the molecule is Cc1ccc(OCc2c(C#N)nnn2-c2ccc(F)cc2)cc1. The van der Waals surface area contributed by atoms with Crippen molar-refractivity contribution in [3.8, 4) is 17.5 Å². The maximum Gasteiger partial charge on any atom is 0.189 e. The van der Waals surface area contributed by atoms with Gasteiger partial charge in [-0.15, -0.1) is 5.10 Å². The number of nitrogens with zero attached hydrogens (tertiary/aromatic N) is 4. The number of hydrogen-bond acceptors (Lipinski definition) is 4. The van der Waals surface area contributed by atoms with Crippen molar-refractivity contribution in [2.24, 2.45) is 0 Å². The third-order valence-corrected chi connectivity index (χ3v) is 3.34. The van der Waals surface area contributed by atoms with Crippen molar-refractivity contribution >= 4 is 0 Å². The highest BCUT2D eigenvalue weighted by molar-refractivity contribution is 5.36. The molecule has 0 amide bonds. The Bertz CT molecular complexity index is 848. The zero-order valence-electron chi connectivity index (χ0n) is 12.4. The van der Waals surface area contributed by atoms with Crippen LogP contribution in [0.15, 0.2) is 48.5 Å². The first-order valence-corrected chi connectivity index (χ1v) is 6.97. The van der Waals surface area contributed by atoms with Crippen molar-refractivity contribution < 1.29 is 9.13 Å². The van der Waals surface area contributed by atoms with Gasteiger partial charge in [-0.1, -0.05) is 22.9 Å². The summed E-state index contributed by atoms with van der Waals surface area (Å²) in [7, 11) is 0. The van der Waals surface area contributed by atoms with E-state index in [2.05, 4.69) is 10.3 Å². The van der Waals surface area contributed by atoms with Gasteiger partial charge in [-0.2, -0.15) is 5.26 Å². The summed E-state index contributed by atoms with van der Waals surface area (Å²) < 4.78 is 20.2. The number of halogens is 1. The third kappa shape index (κ3) is 3.19. The lowest BCUT2D eigenvalue weighted by molar-refractivity contribution is 0.297. The summed E-state index contributed by atoms with van der Waals surface area (Å²) in [5.74, 6) is 0.346. The fourth-order valence-corrected chi connectivity index (χ4v) is 2.09. The van der Waals surface area contributed by atoms with Crippen LogP contribution >= 0.6 is 0 Å². The van der Waals surface area contributed by atoms with E-state index in [1.165, 1.54) is 16.8 Å². The molecule has 0 aliphatic heterocycles. The van der Waals surface area contributed by atoms with Crippen molar-refractivity contribution in [3.05, 3.63) is 71.3 Å². The van der Waals surface area contributed by atoms with Crippen LogP contribution in [0.1, 0.15) is 17.0 Å². The minimum Gasteiger partial charge on any atom is -0.487 e. The second-order valence-electron chi connectivity index (χ2n) is 4.99. The Morgan fingerprint density at radius 2 is 1.83 bits per heavy atom. The van der Waals surface area contributed by atoms with E-state index < -0.39 is 0 Å². The highest BCUT2D eigenvalue weighted by Gasteiger charge is 2.15. The fraction of sp³-hybridized carbons (Fsp3) is 0.118. The third-order valence-electron chi connectivity index (χ3n) is 3.34. The molecule has 3 rings (SSSR count). The first kappa shape index (κ1) is 14.7. The lowest BCUT2D eigenvalue weighted by Crippen LogP contribution is -2.07. The summed E-state index contributed by atoms with van der Waals surface area (Å²) in [6.07, 6.45) is 0. The molecule has 1 aromatic heterocycles. The second kappa shape index (κ2) is 6.28. The lowest BCUT2D eigenvalue weighted by atomic mass is 10.2. The van der Waals surface area contributed by atoms with Crippen molar-refractivity contribution in [2.75, 3.05) is 0 Å². The molecular formula is C17H13FN4O. The molecule has 0 N–H and O–H groups in total. The Kier molecular flexibility index (Phi) is 4.02.